The maximum absolute atomic E-state index is 10.6. The highest BCUT2D eigenvalue weighted by Crippen LogP contribution is 2.20. The number of nitro groups is 1. The minimum Gasteiger partial charge on any atom is -0.395 e. The Bertz CT molecular complexity index is 416. The van der Waals surface area contributed by atoms with Crippen LogP contribution in [0.5, 0.6) is 0 Å². The molecule has 0 aliphatic carbocycles. The zero-order valence-electron chi connectivity index (χ0n) is 14.9. The summed E-state index contributed by atoms with van der Waals surface area (Å²) < 4.78 is 0. The number of nitrogens with zero attached hydrogens (tertiary/aromatic N) is 3. The lowest BCUT2D eigenvalue weighted by molar-refractivity contribution is -0.384. The summed E-state index contributed by atoms with van der Waals surface area (Å²) in [5, 5.41) is 19.4. The molecule has 6 nitrogen and oxygen atoms in total. The lowest BCUT2D eigenvalue weighted by Crippen LogP contribution is -2.47. The highest BCUT2D eigenvalue weighted by molar-refractivity contribution is 5.51. The van der Waals surface area contributed by atoms with Gasteiger partial charge < -0.3 is 10.0 Å². The first-order valence-electron chi connectivity index (χ1n) is 8.45. The molecular formula is C17H31N3O3. The summed E-state index contributed by atoms with van der Waals surface area (Å²) in [5.74, 6) is 0. The topological polar surface area (TPSA) is 69.9 Å². The summed E-state index contributed by atoms with van der Waals surface area (Å²) in [6, 6.07) is 6.66. The second-order valence-corrected chi connectivity index (χ2v) is 5.03. The van der Waals surface area contributed by atoms with Gasteiger partial charge in [-0.2, -0.15) is 0 Å². The van der Waals surface area contributed by atoms with Crippen LogP contribution in [-0.2, 0) is 0 Å². The predicted molar refractivity (Wildman–Crippen MR) is 96.1 cm³/mol. The number of piperazine rings is 1. The van der Waals surface area contributed by atoms with Crippen molar-refractivity contribution in [3.05, 3.63) is 34.4 Å². The third kappa shape index (κ3) is 7.95. The standard InChI is InChI=1S/C12H17N3O3.C3H8.C2H6/c16-10-9-13-5-7-14(8-6-13)11-1-3-12(4-2-11)15(17)18;1-3-2;1-2/h1-4,16H,5-10H2;3H2,1-2H3;1-2H3. The van der Waals surface area contributed by atoms with Gasteiger partial charge in [0, 0.05) is 50.5 Å². The molecule has 23 heavy (non-hydrogen) atoms. The quantitative estimate of drug-likeness (QED) is 0.680. The fraction of sp³-hybridized carbons (Fsp3) is 0.647. The zero-order chi connectivity index (χ0) is 17.7. The van der Waals surface area contributed by atoms with Gasteiger partial charge in [0.05, 0.1) is 11.5 Å². The van der Waals surface area contributed by atoms with Gasteiger partial charge in [-0.1, -0.05) is 34.1 Å². The molecule has 1 N–H and O–H groups in total. The lowest BCUT2D eigenvalue weighted by Gasteiger charge is -2.35. The first kappa shape index (κ1) is 21.3. The number of non-ortho nitro benzene ring substituents is 1. The van der Waals surface area contributed by atoms with Crippen LogP contribution < -0.4 is 4.90 Å². The molecule has 1 aromatic carbocycles. The van der Waals surface area contributed by atoms with Gasteiger partial charge >= 0.3 is 0 Å². The molecule has 0 amide bonds. The van der Waals surface area contributed by atoms with Gasteiger partial charge in [0.25, 0.3) is 5.69 Å². The molecule has 0 radical (unpaired) electrons. The van der Waals surface area contributed by atoms with Crippen LogP contribution in [0.15, 0.2) is 24.3 Å². The minimum absolute atomic E-state index is 0.123. The number of aliphatic hydroxyl groups is 1. The number of β-amino-alcohol motifs (C(OH)–C–C–N with tert-alkyl or cyclic N) is 1. The Morgan fingerprint density at radius 3 is 1.96 bits per heavy atom. The molecule has 2 rings (SSSR count). The van der Waals surface area contributed by atoms with E-state index < -0.39 is 0 Å². The summed E-state index contributed by atoms with van der Waals surface area (Å²) in [6.07, 6.45) is 1.25. The maximum atomic E-state index is 10.6. The van der Waals surface area contributed by atoms with Gasteiger partial charge in [-0.3, -0.25) is 15.0 Å². The van der Waals surface area contributed by atoms with E-state index in [-0.39, 0.29) is 17.2 Å². The highest BCUT2D eigenvalue weighted by Gasteiger charge is 2.17. The Balaban J connectivity index is 0.000000868. The molecular weight excluding hydrogens is 294 g/mol. The molecule has 0 aromatic heterocycles. The van der Waals surface area contributed by atoms with Crippen molar-refractivity contribution in [3.63, 3.8) is 0 Å². The van der Waals surface area contributed by atoms with E-state index >= 15 is 0 Å². The zero-order valence-corrected chi connectivity index (χ0v) is 14.9. The second-order valence-electron chi connectivity index (χ2n) is 5.03. The van der Waals surface area contributed by atoms with Crippen molar-refractivity contribution in [1.82, 2.24) is 4.90 Å². The van der Waals surface area contributed by atoms with E-state index in [2.05, 4.69) is 23.6 Å². The number of anilines is 1. The molecule has 0 unspecified atom stereocenters. The molecule has 132 valence electrons. The van der Waals surface area contributed by atoms with Crippen molar-refractivity contribution in [2.75, 3.05) is 44.2 Å². The highest BCUT2D eigenvalue weighted by atomic mass is 16.6. The molecule has 1 heterocycles. The van der Waals surface area contributed by atoms with E-state index in [0.29, 0.717) is 6.54 Å². The van der Waals surface area contributed by atoms with Gasteiger partial charge in [0.1, 0.15) is 0 Å². The number of rotatable bonds is 4. The molecule has 0 saturated carbocycles. The fourth-order valence-electron chi connectivity index (χ4n) is 2.16. The average molecular weight is 325 g/mol. The van der Waals surface area contributed by atoms with Crippen molar-refractivity contribution in [2.24, 2.45) is 0 Å². The van der Waals surface area contributed by atoms with E-state index in [1.54, 1.807) is 12.1 Å². The van der Waals surface area contributed by atoms with Gasteiger partial charge in [0.15, 0.2) is 0 Å². The van der Waals surface area contributed by atoms with Crippen LogP contribution in [-0.4, -0.2) is 54.3 Å². The van der Waals surface area contributed by atoms with Crippen molar-refractivity contribution in [1.29, 1.82) is 0 Å². The van der Waals surface area contributed by atoms with E-state index in [4.69, 9.17) is 5.11 Å². The molecule has 1 aliphatic rings. The molecule has 0 atom stereocenters. The number of benzene rings is 1. The Morgan fingerprint density at radius 1 is 1.09 bits per heavy atom. The van der Waals surface area contributed by atoms with Crippen LogP contribution in [0.4, 0.5) is 11.4 Å². The van der Waals surface area contributed by atoms with Gasteiger partial charge in [-0.05, 0) is 12.1 Å². The number of hydrogen-bond donors (Lipinski definition) is 1. The molecule has 0 bridgehead atoms. The molecule has 1 fully saturated rings. The average Bonchev–Trinajstić information content (AvgIpc) is 2.58. The smallest absolute Gasteiger partial charge is 0.269 e. The Hall–Kier alpha value is -1.66. The maximum Gasteiger partial charge on any atom is 0.269 e. The van der Waals surface area contributed by atoms with E-state index in [9.17, 15) is 10.1 Å². The van der Waals surface area contributed by atoms with E-state index in [1.807, 2.05) is 13.8 Å². The van der Waals surface area contributed by atoms with Crippen molar-refractivity contribution < 1.29 is 10.0 Å². The number of aliphatic hydroxyl groups excluding tert-OH is 1. The summed E-state index contributed by atoms with van der Waals surface area (Å²) >= 11 is 0. The fourth-order valence-corrected chi connectivity index (χ4v) is 2.16. The Kier molecular flexibility index (Phi) is 11.9. The SMILES string of the molecule is CC.CCC.O=[N+]([O-])c1ccc(N2CCN(CCO)CC2)cc1. The summed E-state index contributed by atoms with van der Waals surface area (Å²) in [4.78, 5) is 14.6. The van der Waals surface area contributed by atoms with Crippen LogP contribution in [0.3, 0.4) is 0 Å². The van der Waals surface area contributed by atoms with Crippen LogP contribution in [0, 0.1) is 10.1 Å². The third-order valence-corrected chi connectivity index (χ3v) is 3.21. The van der Waals surface area contributed by atoms with Crippen LogP contribution in [0.2, 0.25) is 0 Å². The first-order valence-corrected chi connectivity index (χ1v) is 8.45. The summed E-state index contributed by atoms with van der Waals surface area (Å²) in [5.41, 5.74) is 1.14. The molecule has 1 saturated heterocycles. The number of hydrogen-bond acceptors (Lipinski definition) is 5. The first-order chi connectivity index (χ1) is 11.1. The molecule has 1 aromatic rings. The Labute approximate surface area is 139 Å². The van der Waals surface area contributed by atoms with E-state index in [1.165, 1.54) is 18.6 Å². The number of nitro benzene ring substituents is 1. The van der Waals surface area contributed by atoms with Crippen molar-refractivity contribution in [3.8, 4) is 0 Å². The molecule has 6 heteroatoms. The molecule has 1 aliphatic heterocycles. The predicted octanol–water partition coefficient (Wildman–Crippen LogP) is 3.15. The van der Waals surface area contributed by atoms with Crippen LogP contribution >= 0.6 is 0 Å². The van der Waals surface area contributed by atoms with Gasteiger partial charge in [0.2, 0.25) is 0 Å². The van der Waals surface area contributed by atoms with Crippen molar-refractivity contribution >= 4 is 11.4 Å². The Morgan fingerprint density at radius 2 is 1.57 bits per heavy atom. The summed E-state index contributed by atoms with van der Waals surface area (Å²) in [7, 11) is 0. The lowest BCUT2D eigenvalue weighted by atomic mass is 10.2. The molecule has 0 spiro atoms. The van der Waals surface area contributed by atoms with E-state index in [0.717, 1.165) is 31.9 Å². The monoisotopic (exact) mass is 325 g/mol. The van der Waals surface area contributed by atoms with Gasteiger partial charge in [-0.15, -0.1) is 0 Å². The van der Waals surface area contributed by atoms with Crippen molar-refractivity contribution in [2.45, 2.75) is 34.1 Å². The summed E-state index contributed by atoms with van der Waals surface area (Å²) in [6.45, 7) is 12.8. The van der Waals surface area contributed by atoms with Crippen LogP contribution in [0.25, 0.3) is 0 Å². The van der Waals surface area contributed by atoms with Gasteiger partial charge in [-0.25, -0.2) is 0 Å². The van der Waals surface area contributed by atoms with Crippen LogP contribution in [0.1, 0.15) is 34.1 Å². The third-order valence-electron chi connectivity index (χ3n) is 3.21. The normalized spacial score (nSPS) is 14.2. The minimum atomic E-state index is -0.386. The largest absolute Gasteiger partial charge is 0.395 e. The second kappa shape index (κ2) is 12.8.